The summed E-state index contributed by atoms with van der Waals surface area (Å²) in [6.07, 6.45) is -4.65. The van der Waals surface area contributed by atoms with Crippen LogP contribution in [0.1, 0.15) is 20.9 Å². The molecule has 0 fully saturated rings. The van der Waals surface area contributed by atoms with Crippen molar-refractivity contribution in [1.29, 1.82) is 0 Å². The summed E-state index contributed by atoms with van der Waals surface area (Å²) in [5, 5.41) is 9.07. The maximum absolute atomic E-state index is 12.4. The van der Waals surface area contributed by atoms with Crippen molar-refractivity contribution in [3.8, 4) is 17.1 Å². The number of carboxylic acids is 1. The third kappa shape index (κ3) is 3.22. The van der Waals surface area contributed by atoms with Crippen LogP contribution in [0.15, 0.2) is 34.7 Å². The van der Waals surface area contributed by atoms with Gasteiger partial charge in [-0.3, -0.25) is 4.79 Å². The first-order chi connectivity index (χ1) is 9.81. The topological polar surface area (TPSA) is 76.7 Å². The molecule has 1 N–H and O–H groups in total. The standard InChI is InChI=1S/C13H7F3O5/c14-13(15,16)21-10-3-1-2-8(12(18)19)11(10)9-5-4-7(6-17)20-9/h1-6H,(H,18,19). The number of hydrogen-bond acceptors (Lipinski definition) is 4. The van der Waals surface area contributed by atoms with Crippen LogP contribution in [-0.2, 0) is 0 Å². The van der Waals surface area contributed by atoms with E-state index < -0.39 is 29.2 Å². The van der Waals surface area contributed by atoms with E-state index in [9.17, 15) is 22.8 Å². The van der Waals surface area contributed by atoms with E-state index in [1.54, 1.807) is 0 Å². The molecular weight excluding hydrogens is 293 g/mol. The van der Waals surface area contributed by atoms with Crippen molar-refractivity contribution < 1.29 is 37.0 Å². The Hall–Kier alpha value is -2.77. The van der Waals surface area contributed by atoms with Crippen LogP contribution in [0.25, 0.3) is 11.3 Å². The monoisotopic (exact) mass is 300 g/mol. The molecule has 2 rings (SSSR count). The van der Waals surface area contributed by atoms with Crippen LogP contribution in [0, 0.1) is 0 Å². The number of carbonyl (C=O) groups is 2. The minimum absolute atomic E-state index is 0.150. The maximum Gasteiger partial charge on any atom is 0.573 e. The zero-order valence-corrected chi connectivity index (χ0v) is 10.2. The Morgan fingerprint density at radius 1 is 1.24 bits per heavy atom. The molecule has 0 spiro atoms. The molecule has 110 valence electrons. The molecule has 0 aliphatic rings. The molecule has 0 radical (unpaired) electrons. The highest BCUT2D eigenvalue weighted by Crippen LogP contribution is 2.37. The molecule has 21 heavy (non-hydrogen) atoms. The van der Waals surface area contributed by atoms with Crippen molar-refractivity contribution in [2.45, 2.75) is 6.36 Å². The van der Waals surface area contributed by atoms with Crippen LogP contribution in [0.2, 0.25) is 0 Å². The number of aromatic carboxylic acids is 1. The van der Waals surface area contributed by atoms with Crippen LogP contribution >= 0.6 is 0 Å². The SMILES string of the molecule is O=Cc1ccc(-c2c(OC(F)(F)F)cccc2C(=O)O)o1. The maximum atomic E-state index is 12.4. The van der Waals surface area contributed by atoms with Gasteiger partial charge in [-0.05, 0) is 24.3 Å². The highest BCUT2D eigenvalue weighted by Gasteiger charge is 2.33. The summed E-state index contributed by atoms with van der Waals surface area (Å²) in [4.78, 5) is 21.7. The van der Waals surface area contributed by atoms with Gasteiger partial charge in [0.25, 0.3) is 0 Å². The molecule has 0 atom stereocenters. The smallest absolute Gasteiger partial charge is 0.478 e. The minimum atomic E-state index is -4.99. The molecule has 2 aromatic rings. The zero-order chi connectivity index (χ0) is 15.6. The number of carbonyl (C=O) groups excluding carboxylic acids is 1. The lowest BCUT2D eigenvalue weighted by Gasteiger charge is -2.13. The van der Waals surface area contributed by atoms with E-state index in [-0.39, 0.29) is 11.5 Å². The first-order valence-electron chi connectivity index (χ1n) is 5.49. The van der Waals surface area contributed by atoms with Crippen molar-refractivity contribution >= 4 is 12.3 Å². The number of carboxylic acid groups (broad SMARTS) is 1. The number of hydrogen-bond donors (Lipinski definition) is 1. The van der Waals surface area contributed by atoms with Gasteiger partial charge in [0.2, 0.25) is 0 Å². The summed E-state index contributed by atoms with van der Waals surface area (Å²) in [6.45, 7) is 0. The fourth-order valence-electron chi connectivity index (χ4n) is 1.72. The van der Waals surface area contributed by atoms with E-state index in [1.165, 1.54) is 12.1 Å². The second-order valence-electron chi connectivity index (χ2n) is 3.85. The highest BCUT2D eigenvalue weighted by atomic mass is 19.4. The quantitative estimate of drug-likeness (QED) is 0.876. The first kappa shape index (κ1) is 14.6. The molecule has 0 bridgehead atoms. The number of aldehydes is 1. The van der Waals surface area contributed by atoms with Crippen LogP contribution in [0.4, 0.5) is 13.2 Å². The molecular formula is C13H7F3O5. The Morgan fingerprint density at radius 2 is 1.95 bits per heavy atom. The van der Waals surface area contributed by atoms with Gasteiger partial charge in [0, 0.05) is 0 Å². The summed E-state index contributed by atoms with van der Waals surface area (Å²) in [5.74, 6) is -2.55. The molecule has 8 heteroatoms. The molecule has 0 aliphatic carbocycles. The van der Waals surface area contributed by atoms with Crippen LogP contribution in [0.3, 0.4) is 0 Å². The number of furan rings is 1. The van der Waals surface area contributed by atoms with Crippen molar-refractivity contribution in [3.63, 3.8) is 0 Å². The lowest BCUT2D eigenvalue weighted by molar-refractivity contribution is -0.274. The number of halogens is 3. The van der Waals surface area contributed by atoms with Crippen LogP contribution in [-0.4, -0.2) is 23.7 Å². The Balaban J connectivity index is 2.63. The molecule has 1 heterocycles. The third-order valence-electron chi connectivity index (χ3n) is 2.47. The summed E-state index contributed by atoms with van der Waals surface area (Å²) < 4.78 is 45.9. The first-order valence-corrected chi connectivity index (χ1v) is 5.49. The van der Waals surface area contributed by atoms with Gasteiger partial charge in [0.1, 0.15) is 11.5 Å². The van der Waals surface area contributed by atoms with Crippen LogP contribution < -0.4 is 4.74 Å². The van der Waals surface area contributed by atoms with Gasteiger partial charge < -0.3 is 14.3 Å². The Labute approximate surface area is 115 Å². The summed E-state index contributed by atoms with van der Waals surface area (Å²) in [7, 11) is 0. The van der Waals surface area contributed by atoms with Gasteiger partial charge in [-0.25, -0.2) is 4.79 Å². The molecule has 1 aromatic carbocycles. The molecule has 0 aliphatic heterocycles. The van der Waals surface area contributed by atoms with E-state index in [0.717, 1.165) is 18.2 Å². The normalized spacial score (nSPS) is 11.2. The number of rotatable bonds is 4. The van der Waals surface area contributed by atoms with Gasteiger partial charge in [-0.1, -0.05) is 6.07 Å². The van der Waals surface area contributed by atoms with Crippen molar-refractivity contribution in [1.82, 2.24) is 0 Å². The fourth-order valence-corrected chi connectivity index (χ4v) is 1.72. The average Bonchev–Trinajstić information content (AvgIpc) is 2.84. The van der Waals surface area contributed by atoms with Gasteiger partial charge in [-0.15, -0.1) is 13.2 Å². The van der Waals surface area contributed by atoms with E-state index >= 15 is 0 Å². The minimum Gasteiger partial charge on any atom is -0.478 e. The Morgan fingerprint density at radius 3 is 2.48 bits per heavy atom. The fraction of sp³-hybridized carbons (Fsp3) is 0.0769. The lowest BCUT2D eigenvalue weighted by Crippen LogP contribution is -2.18. The highest BCUT2D eigenvalue weighted by molar-refractivity contribution is 5.97. The average molecular weight is 300 g/mol. The molecule has 0 amide bonds. The second kappa shape index (κ2) is 5.31. The Bertz CT molecular complexity index is 687. The van der Waals surface area contributed by atoms with E-state index in [4.69, 9.17) is 9.52 Å². The second-order valence-corrected chi connectivity index (χ2v) is 3.85. The molecule has 1 aromatic heterocycles. The third-order valence-corrected chi connectivity index (χ3v) is 2.47. The summed E-state index contributed by atoms with van der Waals surface area (Å²) in [5.41, 5.74) is -0.834. The molecule has 0 unspecified atom stereocenters. The van der Waals surface area contributed by atoms with Gasteiger partial charge >= 0.3 is 12.3 Å². The Kier molecular flexibility index (Phi) is 3.70. The van der Waals surface area contributed by atoms with Crippen LogP contribution in [0.5, 0.6) is 5.75 Å². The molecule has 0 saturated carbocycles. The predicted molar refractivity (Wildman–Crippen MR) is 63.2 cm³/mol. The summed E-state index contributed by atoms with van der Waals surface area (Å²) >= 11 is 0. The van der Waals surface area contributed by atoms with Crippen molar-refractivity contribution in [2.75, 3.05) is 0 Å². The largest absolute Gasteiger partial charge is 0.573 e. The van der Waals surface area contributed by atoms with Crippen molar-refractivity contribution in [3.05, 3.63) is 41.7 Å². The van der Waals surface area contributed by atoms with E-state index in [0.29, 0.717) is 6.29 Å². The number of alkyl halides is 3. The van der Waals surface area contributed by atoms with E-state index in [1.807, 2.05) is 0 Å². The van der Waals surface area contributed by atoms with E-state index in [2.05, 4.69) is 4.74 Å². The van der Waals surface area contributed by atoms with Crippen molar-refractivity contribution in [2.24, 2.45) is 0 Å². The molecule has 5 nitrogen and oxygen atoms in total. The number of benzene rings is 1. The van der Waals surface area contributed by atoms with Gasteiger partial charge in [0.05, 0.1) is 11.1 Å². The molecule has 0 saturated heterocycles. The summed E-state index contributed by atoms with van der Waals surface area (Å²) in [6, 6.07) is 5.56. The van der Waals surface area contributed by atoms with Gasteiger partial charge in [-0.2, -0.15) is 0 Å². The lowest BCUT2D eigenvalue weighted by atomic mass is 10.0. The zero-order valence-electron chi connectivity index (χ0n) is 10.2. The van der Waals surface area contributed by atoms with Gasteiger partial charge in [0.15, 0.2) is 12.0 Å². The number of ether oxygens (including phenoxy) is 1. The predicted octanol–water partition coefficient (Wildman–Crippen LogP) is 3.36.